The molecule has 0 radical (unpaired) electrons. The van der Waals surface area contributed by atoms with Crippen molar-refractivity contribution >= 4 is 0 Å². The number of rotatable bonds is 3. The third-order valence-electron chi connectivity index (χ3n) is 4.43. The summed E-state index contributed by atoms with van der Waals surface area (Å²) in [5.74, 6) is 0.401. The molecule has 0 saturated carbocycles. The van der Waals surface area contributed by atoms with Gasteiger partial charge in [-0.3, -0.25) is 0 Å². The van der Waals surface area contributed by atoms with Crippen molar-refractivity contribution < 1.29 is 4.39 Å². The summed E-state index contributed by atoms with van der Waals surface area (Å²) in [5.41, 5.74) is 5.50. The number of hydrogen-bond donors (Lipinski definition) is 1. The van der Waals surface area contributed by atoms with Crippen molar-refractivity contribution in [1.29, 1.82) is 0 Å². The van der Waals surface area contributed by atoms with Gasteiger partial charge in [0.1, 0.15) is 5.82 Å². The molecule has 0 bridgehead atoms. The van der Waals surface area contributed by atoms with Crippen LogP contribution in [0.1, 0.15) is 39.8 Å². The highest BCUT2D eigenvalue weighted by Crippen LogP contribution is 2.43. The summed E-state index contributed by atoms with van der Waals surface area (Å²) in [7, 11) is 1.99. The second kappa shape index (κ2) is 5.02. The highest BCUT2D eigenvalue weighted by molar-refractivity contribution is 5.44. The van der Waals surface area contributed by atoms with Gasteiger partial charge in [-0.1, -0.05) is 36.4 Å². The Morgan fingerprint density at radius 1 is 1.15 bits per heavy atom. The zero-order chi connectivity index (χ0) is 14.3. The van der Waals surface area contributed by atoms with Crippen molar-refractivity contribution in [1.82, 2.24) is 5.32 Å². The lowest BCUT2D eigenvalue weighted by Crippen LogP contribution is -2.31. The Morgan fingerprint density at radius 2 is 1.80 bits per heavy atom. The number of hydrogen-bond acceptors (Lipinski definition) is 1. The molecule has 104 valence electrons. The molecule has 2 unspecified atom stereocenters. The van der Waals surface area contributed by atoms with E-state index in [0.29, 0.717) is 5.92 Å². The molecule has 0 saturated heterocycles. The van der Waals surface area contributed by atoms with Crippen LogP contribution in [-0.2, 0) is 6.42 Å². The maximum Gasteiger partial charge on any atom is 0.129 e. The Balaban J connectivity index is 1.96. The van der Waals surface area contributed by atoms with Gasteiger partial charge in [0, 0.05) is 12.0 Å². The van der Waals surface area contributed by atoms with E-state index >= 15 is 0 Å². The smallest absolute Gasteiger partial charge is 0.129 e. The van der Waals surface area contributed by atoms with Crippen LogP contribution < -0.4 is 5.32 Å². The SMILES string of the molecule is CNC(c1cc(C)c(F)c(C)c1)C1Cc2ccccc21. The van der Waals surface area contributed by atoms with Gasteiger partial charge in [0.25, 0.3) is 0 Å². The Kier molecular flexibility index (Phi) is 3.35. The number of halogens is 1. The second-order valence-electron chi connectivity index (χ2n) is 5.74. The zero-order valence-electron chi connectivity index (χ0n) is 12.2. The van der Waals surface area contributed by atoms with Gasteiger partial charge < -0.3 is 5.32 Å². The predicted molar refractivity (Wildman–Crippen MR) is 80.6 cm³/mol. The molecule has 0 fully saturated rings. The number of benzene rings is 2. The number of likely N-dealkylation sites (N-methyl/N-ethyl adjacent to an activating group) is 1. The van der Waals surface area contributed by atoms with Gasteiger partial charge in [-0.05, 0) is 55.1 Å². The third-order valence-corrected chi connectivity index (χ3v) is 4.43. The third kappa shape index (κ3) is 2.04. The Hall–Kier alpha value is -1.67. The van der Waals surface area contributed by atoms with E-state index in [1.807, 2.05) is 33.0 Å². The molecule has 20 heavy (non-hydrogen) atoms. The van der Waals surface area contributed by atoms with Crippen molar-refractivity contribution in [3.05, 3.63) is 70.0 Å². The summed E-state index contributed by atoms with van der Waals surface area (Å²) in [4.78, 5) is 0. The standard InChI is InChI=1S/C18H20FN/c1-11-8-14(9-12(2)17(11)19)18(20-3)16-10-13-6-4-5-7-15(13)16/h4-9,16,18,20H,10H2,1-3H3. The molecule has 0 amide bonds. The molecule has 2 aromatic carbocycles. The predicted octanol–water partition coefficient (Wildman–Crippen LogP) is 4.04. The van der Waals surface area contributed by atoms with Crippen molar-refractivity contribution in [2.24, 2.45) is 0 Å². The summed E-state index contributed by atoms with van der Waals surface area (Å²) in [5, 5.41) is 3.41. The van der Waals surface area contributed by atoms with E-state index in [1.165, 1.54) is 16.7 Å². The summed E-state index contributed by atoms with van der Waals surface area (Å²) in [6.45, 7) is 3.68. The number of aryl methyl sites for hydroxylation is 2. The Labute approximate surface area is 119 Å². The molecule has 2 heteroatoms. The fraction of sp³-hybridized carbons (Fsp3) is 0.333. The van der Waals surface area contributed by atoms with Gasteiger partial charge in [-0.25, -0.2) is 4.39 Å². The van der Waals surface area contributed by atoms with Crippen LogP contribution in [0.5, 0.6) is 0 Å². The number of fused-ring (bicyclic) bond motifs is 1. The lowest BCUT2D eigenvalue weighted by atomic mass is 9.71. The Morgan fingerprint density at radius 3 is 2.40 bits per heavy atom. The molecule has 0 aliphatic heterocycles. The van der Waals surface area contributed by atoms with Crippen molar-refractivity contribution in [2.45, 2.75) is 32.2 Å². The largest absolute Gasteiger partial charge is 0.312 e. The van der Waals surface area contributed by atoms with E-state index in [0.717, 1.165) is 17.5 Å². The van der Waals surface area contributed by atoms with E-state index in [1.54, 1.807) is 0 Å². The fourth-order valence-electron chi connectivity index (χ4n) is 3.35. The van der Waals surface area contributed by atoms with Crippen molar-refractivity contribution in [2.75, 3.05) is 7.05 Å². The lowest BCUT2D eigenvalue weighted by molar-refractivity contribution is 0.437. The first-order valence-corrected chi connectivity index (χ1v) is 7.13. The molecule has 1 aliphatic carbocycles. The highest BCUT2D eigenvalue weighted by atomic mass is 19.1. The van der Waals surface area contributed by atoms with Crippen LogP contribution in [0.15, 0.2) is 36.4 Å². The van der Waals surface area contributed by atoms with Crippen molar-refractivity contribution in [3.63, 3.8) is 0 Å². The summed E-state index contributed by atoms with van der Waals surface area (Å²) >= 11 is 0. The van der Waals surface area contributed by atoms with E-state index in [9.17, 15) is 4.39 Å². The monoisotopic (exact) mass is 269 g/mol. The quantitative estimate of drug-likeness (QED) is 0.886. The van der Waals surface area contributed by atoms with Crippen LogP contribution in [0.4, 0.5) is 4.39 Å². The Bertz CT molecular complexity index is 625. The summed E-state index contributed by atoms with van der Waals surface area (Å²) in [6.07, 6.45) is 1.09. The van der Waals surface area contributed by atoms with E-state index < -0.39 is 0 Å². The fourth-order valence-corrected chi connectivity index (χ4v) is 3.35. The minimum Gasteiger partial charge on any atom is -0.312 e. The minimum atomic E-state index is -0.0855. The maximum atomic E-state index is 13.8. The van der Waals surface area contributed by atoms with E-state index in [2.05, 4.69) is 29.6 Å². The van der Waals surface area contributed by atoms with Crippen LogP contribution in [0.2, 0.25) is 0 Å². The molecule has 1 aliphatic rings. The first-order valence-electron chi connectivity index (χ1n) is 7.13. The molecular formula is C18H20FN. The molecule has 1 nitrogen and oxygen atoms in total. The molecular weight excluding hydrogens is 249 g/mol. The molecule has 0 heterocycles. The molecule has 0 aromatic heterocycles. The molecule has 3 rings (SSSR count). The zero-order valence-corrected chi connectivity index (χ0v) is 12.2. The lowest BCUT2D eigenvalue weighted by Gasteiger charge is -2.37. The van der Waals surface area contributed by atoms with E-state index in [-0.39, 0.29) is 11.9 Å². The molecule has 1 N–H and O–H groups in total. The molecule has 2 aromatic rings. The summed E-state index contributed by atoms with van der Waals surface area (Å²) in [6, 6.07) is 12.8. The first-order chi connectivity index (χ1) is 9.61. The number of nitrogens with one attached hydrogen (secondary N) is 1. The highest BCUT2D eigenvalue weighted by Gasteiger charge is 2.33. The average Bonchev–Trinajstić information content (AvgIpc) is 2.41. The van der Waals surface area contributed by atoms with Crippen LogP contribution in [-0.4, -0.2) is 7.05 Å². The molecule has 0 spiro atoms. The van der Waals surface area contributed by atoms with Crippen molar-refractivity contribution in [3.8, 4) is 0 Å². The van der Waals surface area contributed by atoms with Gasteiger partial charge in [0.05, 0.1) is 0 Å². The normalized spacial score (nSPS) is 18.3. The van der Waals surface area contributed by atoms with Gasteiger partial charge >= 0.3 is 0 Å². The average molecular weight is 269 g/mol. The topological polar surface area (TPSA) is 12.0 Å². The minimum absolute atomic E-state index is 0.0855. The second-order valence-corrected chi connectivity index (χ2v) is 5.74. The van der Waals surface area contributed by atoms with E-state index in [4.69, 9.17) is 0 Å². The van der Waals surface area contributed by atoms with Crippen LogP contribution >= 0.6 is 0 Å². The van der Waals surface area contributed by atoms with Gasteiger partial charge in [-0.2, -0.15) is 0 Å². The van der Waals surface area contributed by atoms with Gasteiger partial charge in [-0.15, -0.1) is 0 Å². The van der Waals surface area contributed by atoms with Crippen LogP contribution in [0.25, 0.3) is 0 Å². The van der Waals surface area contributed by atoms with Gasteiger partial charge in [0.2, 0.25) is 0 Å². The van der Waals surface area contributed by atoms with Crippen LogP contribution in [0.3, 0.4) is 0 Å². The summed E-state index contributed by atoms with van der Waals surface area (Å²) < 4.78 is 13.8. The maximum absolute atomic E-state index is 13.8. The van der Waals surface area contributed by atoms with Gasteiger partial charge in [0.15, 0.2) is 0 Å². The van der Waals surface area contributed by atoms with Crippen LogP contribution in [0, 0.1) is 19.7 Å². The molecule has 2 atom stereocenters. The first kappa shape index (κ1) is 13.3.